The first-order chi connectivity index (χ1) is 6.68. The molecule has 5 unspecified atom stereocenters. The van der Waals surface area contributed by atoms with Gasteiger partial charge in [-0.15, -0.1) is 0 Å². The van der Waals surface area contributed by atoms with E-state index in [4.69, 9.17) is 0 Å². The van der Waals surface area contributed by atoms with E-state index in [1.165, 1.54) is 0 Å². The molecule has 2 rings (SSSR count). The molecule has 14 heavy (non-hydrogen) atoms. The molecule has 0 amide bonds. The van der Waals surface area contributed by atoms with Gasteiger partial charge >= 0.3 is 0 Å². The van der Waals surface area contributed by atoms with Gasteiger partial charge in [0, 0.05) is 0 Å². The Morgan fingerprint density at radius 3 is 2.21 bits per heavy atom. The highest BCUT2D eigenvalue weighted by molar-refractivity contribution is 4.89. The largest absolute Gasteiger partial charge is 0.393 e. The van der Waals surface area contributed by atoms with E-state index in [-0.39, 0.29) is 12.2 Å². The van der Waals surface area contributed by atoms with Gasteiger partial charge in [0.15, 0.2) is 0 Å². The fourth-order valence-corrected chi connectivity index (χ4v) is 3.34. The molecule has 2 aliphatic carbocycles. The molecule has 0 spiro atoms. The lowest BCUT2D eigenvalue weighted by molar-refractivity contribution is -0.0140. The average Bonchev–Trinajstić information content (AvgIpc) is 2.56. The van der Waals surface area contributed by atoms with Gasteiger partial charge in [0.25, 0.3) is 0 Å². The van der Waals surface area contributed by atoms with E-state index in [0.29, 0.717) is 11.8 Å². The highest BCUT2D eigenvalue weighted by Gasteiger charge is 2.38. The first-order valence-corrected chi connectivity index (χ1v) is 6.04. The van der Waals surface area contributed by atoms with Crippen LogP contribution < -0.4 is 0 Å². The van der Waals surface area contributed by atoms with Crippen molar-refractivity contribution in [1.29, 1.82) is 0 Å². The molecule has 2 nitrogen and oxygen atoms in total. The third-order valence-corrected chi connectivity index (χ3v) is 4.21. The normalized spacial score (nSPS) is 49.5. The standard InChI is InChI=1S/C12H22O2/c1-8-5-6-12(14)10(7-8)9-3-2-4-11(9)13/h8-14H,2-7H2,1H3. The van der Waals surface area contributed by atoms with Gasteiger partial charge in [0.05, 0.1) is 12.2 Å². The Kier molecular flexibility index (Phi) is 3.13. The van der Waals surface area contributed by atoms with Crippen LogP contribution in [0.3, 0.4) is 0 Å². The molecule has 0 radical (unpaired) electrons. The van der Waals surface area contributed by atoms with Crippen molar-refractivity contribution < 1.29 is 10.2 Å². The van der Waals surface area contributed by atoms with Gasteiger partial charge in [0.2, 0.25) is 0 Å². The van der Waals surface area contributed by atoms with E-state index in [1.807, 2.05) is 0 Å². The molecule has 0 aromatic rings. The predicted molar refractivity (Wildman–Crippen MR) is 55.9 cm³/mol. The van der Waals surface area contributed by atoms with Crippen LogP contribution in [0.2, 0.25) is 0 Å². The number of aliphatic hydroxyl groups excluding tert-OH is 2. The summed E-state index contributed by atoms with van der Waals surface area (Å²) in [5, 5.41) is 19.8. The Morgan fingerprint density at radius 2 is 1.57 bits per heavy atom. The average molecular weight is 198 g/mol. The molecular formula is C12H22O2. The molecule has 2 saturated carbocycles. The summed E-state index contributed by atoms with van der Waals surface area (Å²) in [5.74, 6) is 1.49. The third-order valence-electron chi connectivity index (χ3n) is 4.21. The van der Waals surface area contributed by atoms with Crippen LogP contribution in [-0.2, 0) is 0 Å². The van der Waals surface area contributed by atoms with Crippen LogP contribution in [0.1, 0.15) is 45.4 Å². The number of hydrogen-bond acceptors (Lipinski definition) is 2. The Morgan fingerprint density at radius 1 is 0.857 bits per heavy atom. The number of aliphatic hydroxyl groups is 2. The third kappa shape index (κ3) is 1.96. The second kappa shape index (κ2) is 4.19. The minimum absolute atomic E-state index is 0.139. The van der Waals surface area contributed by atoms with Gasteiger partial charge in [-0.05, 0) is 49.9 Å². The van der Waals surface area contributed by atoms with Crippen LogP contribution in [-0.4, -0.2) is 22.4 Å². The summed E-state index contributed by atoms with van der Waals surface area (Å²) >= 11 is 0. The van der Waals surface area contributed by atoms with Crippen LogP contribution in [0, 0.1) is 17.8 Å². The topological polar surface area (TPSA) is 40.5 Å². The van der Waals surface area contributed by atoms with E-state index in [2.05, 4.69) is 6.92 Å². The van der Waals surface area contributed by atoms with Crippen LogP contribution in [0.4, 0.5) is 0 Å². The molecule has 0 heterocycles. The van der Waals surface area contributed by atoms with Gasteiger partial charge in [-0.2, -0.15) is 0 Å². The molecular weight excluding hydrogens is 176 g/mol. The summed E-state index contributed by atoms with van der Waals surface area (Å²) in [7, 11) is 0. The van der Waals surface area contributed by atoms with Crippen LogP contribution >= 0.6 is 0 Å². The summed E-state index contributed by atoms with van der Waals surface area (Å²) in [6, 6.07) is 0. The van der Waals surface area contributed by atoms with Gasteiger partial charge in [-0.25, -0.2) is 0 Å². The van der Waals surface area contributed by atoms with E-state index < -0.39 is 0 Å². The highest BCUT2D eigenvalue weighted by Crippen LogP contribution is 2.41. The minimum Gasteiger partial charge on any atom is -0.393 e. The lowest BCUT2D eigenvalue weighted by atomic mass is 9.72. The zero-order valence-corrected chi connectivity index (χ0v) is 9.02. The van der Waals surface area contributed by atoms with Crippen molar-refractivity contribution in [3.63, 3.8) is 0 Å². The lowest BCUT2D eigenvalue weighted by Gasteiger charge is -2.36. The Balaban J connectivity index is 2.00. The fourth-order valence-electron chi connectivity index (χ4n) is 3.34. The quantitative estimate of drug-likeness (QED) is 0.676. The maximum Gasteiger partial charge on any atom is 0.0572 e. The molecule has 0 saturated heterocycles. The fraction of sp³-hybridized carbons (Fsp3) is 1.00. The van der Waals surface area contributed by atoms with Crippen LogP contribution in [0.25, 0.3) is 0 Å². The first kappa shape index (κ1) is 10.4. The van der Waals surface area contributed by atoms with Crippen molar-refractivity contribution in [2.24, 2.45) is 17.8 Å². The number of rotatable bonds is 1. The maximum atomic E-state index is 9.95. The Labute approximate surface area is 86.3 Å². The number of hydrogen-bond donors (Lipinski definition) is 2. The summed E-state index contributed by atoms with van der Waals surface area (Å²) in [6.07, 6.45) is 6.13. The van der Waals surface area contributed by atoms with E-state index in [9.17, 15) is 10.2 Å². The van der Waals surface area contributed by atoms with Crippen LogP contribution in [0.5, 0.6) is 0 Å². The minimum atomic E-state index is -0.149. The SMILES string of the molecule is CC1CCC(O)C(C2CCCC2O)C1. The summed E-state index contributed by atoms with van der Waals surface area (Å²) < 4.78 is 0. The van der Waals surface area contributed by atoms with Crippen molar-refractivity contribution in [1.82, 2.24) is 0 Å². The van der Waals surface area contributed by atoms with Crippen molar-refractivity contribution >= 4 is 0 Å². The van der Waals surface area contributed by atoms with E-state index in [1.54, 1.807) is 0 Å². The van der Waals surface area contributed by atoms with Crippen molar-refractivity contribution in [2.75, 3.05) is 0 Å². The molecule has 2 aliphatic rings. The van der Waals surface area contributed by atoms with Crippen molar-refractivity contribution in [2.45, 2.75) is 57.7 Å². The molecule has 2 heteroatoms. The second-order valence-electron chi connectivity index (χ2n) is 5.31. The molecule has 5 atom stereocenters. The van der Waals surface area contributed by atoms with Gasteiger partial charge < -0.3 is 10.2 Å². The monoisotopic (exact) mass is 198 g/mol. The molecule has 0 aliphatic heterocycles. The smallest absolute Gasteiger partial charge is 0.0572 e. The van der Waals surface area contributed by atoms with Crippen LogP contribution in [0.15, 0.2) is 0 Å². The summed E-state index contributed by atoms with van der Waals surface area (Å²) in [5.41, 5.74) is 0. The summed E-state index contributed by atoms with van der Waals surface area (Å²) in [6.45, 7) is 2.26. The lowest BCUT2D eigenvalue weighted by Crippen LogP contribution is -2.36. The van der Waals surface area contributed by atoms with E-state index in [0.717, 1.165) is 44.4 Å². The molecule has 0 aromatic heterocycles. The van der Waals surface area contributed by atoms with Crippen molar-refractivity contribution in [3.05, 3.63) is 0 Å². The zero-order chi connectivity index (χ0) is 10.1. The Hall–Kier alpha value is -0.0800. The van der Waals surface area contributed by atoms with Gasteiger partial charge in [-0.1, -0.05) is 13.3 Å². The van der Waals surface area contributed by atoms with Crippen molar-refractivity contribution in [3.8, 4) is 0 Å². The molecule has 82 valence electrons. The second-order valence-corrected chi connectivity index (χ2v) is 5.31. The van der Waals surface area contributed by atoms with Gasteiger partial charge in [0.1, 0.15) is 0 Å². The predicted octanol–water partition coefficient (Wildman–Crippen LogP) is 1.94. The van der Waals surface area contributed by atoms with Gasteiger partial charge in [-0.3, -0.25) is 0 Å². The first-order valence-electron chi connectivity index (χ1n) is 6.04. The maximum absolute atomic E-state index is 9.95. The molecule has 0 bridgehead atoms. The molecule has 0 aromatic carbocycles. The summed E-state index contributed by atoms with van der Waals surface area (Å²) in [4.78, 5) is 0. The molecule has 2 N–H and O–H groups in total. The van der Waals surface area contributed by atoms with E-state index >= 15 is 0 Å². The Bertz CT molecular complexity index is 193. The highest BCUT2D eigenvalue weighted by atomic mass is 16.3. The zero-order valence-electron chi connectivity index (χ0n) is 9.02. The molecule has 2 fully saturated rings.